The van der Waals surface area contributed by atoms with Crippen molar-refractivity contribution in [3.8, 4) is 0 Å². The summed E-state index contributed by atoms with van der Waals surface area (Å²) in [7, 11) is 0. The average molecular weight is 184 g/mol. The number of hydrogen-bond donors (Lipinski definition) is 1. The van der Waals surface area contributed by atoms with Crippen LogP contribution in [0.1, 0.15) is 52.9 Å². The molecule has 0 aromatic carbocycles. The summed E-state index contributed by atoms with van der Waals surface area (Å²) in [4.78, 5) is 0. The maximum Gasteiger partial charge on any atom is 0.0537 e. The van der Waals surface area contributed by atoms with Gasteiger partial charge in [-0.15, -0.1) is 0 Å². The molecule has 0 amide bonds. The van der Waals surface area contributed by atoms with Crippen LogP contribution in [-0.2, 0) is 0 Å². The number of rotatable bonds is 3. The van der Waals surface area contributed by atoms with Gasteiger partial charge in [0.05, 0.1) is 6.10 Å². The van der Waals surface area contributed by atoms with Crippen LogP contribution in [0.4, 0.5) is 0 Å². The molecule has 1 fully saturated rings. The summed E-state index contributed by atoms with van der Waals surface area (Å²) < 4.78 is 0. The lowest BCUT2D eigenvalue weighted by Gasteiger charge is -2.29. The van der Waals surface area contributed by atoms with Crippen LogP contribution in [0.2, 0.25) is 0 Å². The first-order chi connectivity index (χ1) is 6.09. The number of hydrogen-bond acceptors (Lipinski definition) is 1. The van der Waals surface area contributed by atoms with E-state index in [-0.39, 0.29) is 6.10 Å². The van der Waals surface area contributed by atoms with Crippen molar-refractivity contribution in [1.82, 2.24) is 0 Å². The fourth-order valence-electron chi connectivity index (χ4n) is 2.29. The molecule has 1 rings (SSSR count). The fourth-order valence-corrected chi connectivity index (χ4v) is 2.29. The van der Waals surface area contributed by atoms with Crippen molar-refractivity contribution in [1.29, 1.82) is 0 Å². The van der Waals surface area contributed by atoms with Crippen LogP contribution >= 0.6 is 0 Å². The molecule has 1 aliphatic carbocycles. The van der Waals surface area contributed by atoms with Gasteiger partial charge in [-0.25, -0.2) is 0 Å². The Labute approximate surface area is 82.5 Å². The molecule has 1 aliphatic rings. The van der Waals surface area contributed by atoms with Gasteiger partial charge < -0.3 is 5.11 Å². The molecule has 0 radical (unpaired) electrons. The zero-order valence-corrected chi connectivity index (χ0v) is 9.29. The van der Waals surface area contributed by atoms with Crippen LogP contribution in [0, 0.1) is 17.8 Å². The molecule has 0 saturated heterocycles. The van der Waals surface area contributed by atoms with Crippen molar-refractivity contribution in [3.05, 3.63) is 0 Å². The normalized spacial score (nSPS) is 34.2. The van der Waals surface area contributed by atoms with E-state index in [9.17, 15) is 5.11 Å². The molecule has 0 spiro atoms. The summed E-state index contributed by atoms with van der Waals surface area (Å²) >= 11 is 0. The standard InChI is InChI=1S/C12H24O/c1-9-4-6-12(7-5-9)8-10(2)11(3)13/h9-13H,4-8H2,1-3H3. The monoisotopic (exact) mass is 184 g/mol. The van der Waals surface area contributed by atoms with Gasteiger partial charge in [0.1, 0.15) is 0 Å². The third kappa shape index (κ3) is 3.68. The minimum absolute atomic E-state index is 0.126. The van der Waals surface area contributed by atoms with Gasteiger partial charge >= 0.3 is 0 Å². The molecule has 0 aromatic rings. The Morgan fingerprint density at radius 1 is 1.15 bits per heavy atom. The third-order valence-corrected chi connectivity index (χ3v) is 3.66. The van der Waals surface area contributed by atoms with Crippen molar-refractivity contribution >= 4 is 0 Å². The molecular formula is C12H24O. The van der Waals surface area contributed by atoms with E-state index >= 15 is 0 Å². The number of aliphatic hydroxyl groups excluding tert-OH is 1. The summed E-state index contributed by atoms with van der Waals surface area (Å²) in [6, 6.07) is 0. The van der Waals surface area contributed by atoms with Crippen molar-refractivity contribution < 1.29 is 5.11 Å². The third-order valence-electron chi connectivity index (χ3n) is 3.66. The van der Waals surface area contributed by atoms with Gasteiger partial charge in [0.15, 0.2) is 0 Å². The molecule has 1 nitrogen and oxygen atoms in total. The fraction of sp³-hybridized carbons (Fsp3) is 1.00. The molecule has 2 atom stereocenters. The topological polar surface area (TPSA) is 20.2 Å². The van der Waals surface area contributed by atoms with Crippen molar-refractivity contribution in [2.24, 2.45) is 17.8 Å². The summed E-state index contributed by atoms with van der Waals surface area (Å²) in [6.45, 7) is 6.44. The highest BCUT2D eigenvalue weighted by Crippen LogP contribution is 2.32. The van der Waals surface area contributed by atoms with Gasteiger partial charge in [-0.3, -0.25) is 0 Å². The maximum atomic E-state index is 9.40. The Balaban J connectivity index is 2.22. The van der Waals surface area contributed by atoms with E-state index in [0.717, 1.165) is 11.8 Å². The molecule has 1 N–H and O–H groups in total. The SMILES string of the molecule is CC1CCC(CC(C)C(C)O)CC1. The lowest BCUT2D eigenvalue weighted by molar-refractivity contribution is 0.109. The second kappa shape index (κ2) is 4.99. The molecule has 0 heterocycles. The minimum Gasteiger partial charge on any atom is -0.393 e. The smallest absolute Gasteiger partial charge is 0.0537 e. The van der Waals surface area contributed by atoms with Crippen LogP contribution in [0.3, 0.4) is 0 Å². The molecule has 1 saturated carbocycles. The van der Waals surface area contributed by atoms with Crippen molar-refractivity contribution in [3.63, 3.8) is 0 Å². The lowest BCUT2D eigenvalue weighted by atomic mass is 9.78. The maximum absolute atomic E-state index is 9.40. The van der Waals surface area contributed by atoms with Crippen molar-refractivity contribution in [2.45, 2.75) is 59.0 Å². The van der Waals surface area contributed by atoms with Gasteiger partial charge in [0.25, 0.3) is 0 Å². The highest BCUT2D eigenvalue weighted by molar-refractivity contribution is 4.73. The van der Waals surface area contributed by atoms with Gasteiger partial charge in [0, 0.05) is 0 Å². The zero-order chi connectivity index (χ0) is 9.84. The second-order valence-corrected chi connectivity index (χ2v) is 5.08. The molecule has 0 bridgehead atoms. The summed E-state index contributed by atoms with van der Waals surface area (Å²) in [5.41, 5.74) is 0. The zero-order valence-electron chi connectivity index (χ0n) is 9.29. The first kappa shape index (κ1) is 11.0. The van der Waals surface area contributed by atoms with Gasteiger partial charge in [-0.2, -0.15) is 0 Å². The van der Waals surface area contributed by atoms with E-state index in [2.05, 4.69) is 13.8 Å². The van der Waals surface area contributed by atoms with Gasteiger partial charge in [0.2, 0.25) is 0 Å². The Kier molecular flexibility index (Phi) is 4.24. The van der Waals surface area contributed by atoms with Crippen LogP contribution in [-0.4, -0.2) is 11.2 Å². The predicted octanol–water partition coefficient (Wildman–Crippen LogP) is 3.22. The first-order valence-corrected chi connectivity index (χ1v) is 5.77. The Morgan fingerprint density at radius 3 is 2.15 bits per heavy atom. The molecule has 78 valence electrons. The van der Waals surface area contributed by atoms with E-state index < -0.39 is 0 Å². The Hall–Kier alpha value is -0.0400. The Bertz CT molecular complexity index is 134. The van der Waals surface area contributed by atoms with E-state index in [0.29, 0.717) is 5.92 Å². The van der Waals surface area contributed by atoms with E-state index in [1.54, 1.807) is 0 Å². The van der Waals surface area contributed by atoms with E-state index in [1.165, 1.54) is 32.1 Å². The van der Waals surface area contributed by atoms with Crippen LogP contribution < -0.4 is 0 Å². The average Bonchev–Trinajstić information content (AvgIpc) is 2.08. The summed E-state index contributed by atoms with van der Waals surface area (Å²) in [5, 5.41) is 9.40. The minimum atomic E-state index is -0.126. The van der Waals surface area contributed by atoms with Gasteiger partial charge in [-0.1, -0.05) is 39.5 Å². The molecular weight excluding hydrogens is 160 g/mol. The molecule has 1 heteroatoms. The lowest BCUT2D eigenvalue weighted by Crippen LogP contribution is -2.20. The van der Waals surface area contributed by atoms with Crippen molar-refractivity contribution in [2.75, 3.05) is 0 Å². The molecule has 0 aromatic heterocycles. The molecule has 0 aliphatic heterocycles. The highest BCUT2D eigenvalue weighted by Gasteiger charge is 2.21. The van der Waals surface area contributed by atoms with E-state index in [4.69, 9.17) is 0 Å². The Morgan fingerprint density at radius 2 is 1.69 bits per heavy atom. The van der Waals surface area contributed by atoms with Gasteiger partial charge in [-0.05, 0) is 31.1 Å². The quantitative estimate of drug-likeness (QED) is 0.714. The summed E-state index contributed by atoms with van der Waals surface area (Å²) in [6.07, 6.45) is 6.68. The molecule has 2 unspecified atom stereocenters. The summed E-state index contributed by atoms with van der Waals surface area (Å²) in [5.74, 6) is 2.32. The van der Waals surface area contributed by atoms with Crippen LogP contribution in [0.15, 0.2) is 0 Å². The van der Waals surface area contributed by atoms with E-state index in [1.807, 2.05) is 6.92 Å². The van der Waals surface area contributed by atoms with Crippen LogP contribution in [0.25, 0.3) is 0 Å². The highest BCUT2D eigenvalue weighted by atomic mass is 16.3. The largest absolute Gasteiger partial charge is 0.393 e. The predicted molar refractivity (Wildman–Crippen MR) is 56.6 cm³/mol. The first-order valence-electron chi connectivity index (χ1n) is 5.77. The molecule has 13 heavy (non-hydrogen) atoms. The van der Waals surface area contributed by atoms with Crippen LogP contribution in [0.5, 0.6) is 0 Å². The number of aliphatic hydroxyl groups is 1. The second-order valence-electron chi connectivity index (χ2n) is 5.08.